The SMILES string of the molecule is CCOc1ccc(-c2ccc(N)c(F)c2)cc1OCC. The van der Waals surface area contributed by atoms with Crippen LogP contribution in [-0.4, -0.2) is 13.2 Å². The zero-order valence-electron chi connectivity index (χ0n) is 11.7. The van der Waals surface area contributed by atoms with E-state index in [-0.39, 0.29) is 5.69 Å². The van der Waals surface area contributed by atoms with Gasteiger partial charge in [-0.1, -0.05) is 12.1 Å². The molecule has 0 aliphatic heterocycles. The highest BCUT2D eigenvalue weighted by molar-refractivity contribution is 5.69. The molecule has 0 aliphatic carbocycles. The number of benzene rings is 2. The summed E-state index contributed by atoms with van der Waals surface area (Å²) < 4.78 is 24.6. The minimum Gasteiger partial charge on any atom is -0.490 e. The second kappa shape index (κ2) is 6.28. The van der Waals surface area contributed by atoms with E-state index in [2.05, 4.69) is 0 Å². The zero-order chi connectivity index (χ0) is 14.5. The Hall–Kier alpha value is -2.23. The van der Waals surface area contributed by atoms with E-state index in [4.69, 9.17) is 15.2 Å². The number of halogens is 1. The molecule has 4 heteroatoms. The van der Waals surface area contributed by atoms with Crippen molar-refractivity contribution in [1.29, 1.82) is 0 Å². The molecule has 0 bridgehead atoms. The van der Waals surface area contributed by atoms with Gasteiger partial charge in [-0.15, -0.1) is 0 Å². The van der Waals surface area contributed by atoms with Gasteiger partial charge in [0.2, 0.25) is 0 Å². The summed E-state index contributed by atoms with van der Waals surface area (Å²) >= 11 is 0. The Bertz CT molecular complexity index is 599. The maximum Gasteiger partial charge on any atom is 0.161 e. The van der Waals surface area contributed by atoms with Crippen molar-refractivity contribution in [3.63, 3.8) is 0 Å². The molecule has 0 saturated heterocycles. The molecule has 0 spiro atoms. The summed E-state index contributed by atoms with van der Waals surface area (Å²) in [5.74, 6) is 0.924. The molecular formula is C16H18FNO2. The number of hydrogen-bond donors (Lipinski definition) is 1. The van der Waals surface area contributed by atoms with Crippen LogP contribution in [0.2, 0.25) is 0 Å². The lowest BCUT2D eigenvalue weighted by molar-refractivity contribution is 0.288. The Kier molecular flexibility index (Phi) is 4.45. The Morgan fingerprint density at radius 2 is 1.50 bits per heavy atom. The first-order valence-electron chi connectivity index (χ1n) is 6.60. The maximum atomic E-state index is 13.5. The van der Waals surface area contributed by atoms with E-state index in [0.717, 1.165) is 11.1 Å². The molecule has 0 atom stereocenters. The lowest BCUT2D eigenvalue weighted by Gasteiger charge is -2.12. The molecule has 2 rings (SSSR count). The molecule has 0 fully saturated rings. The summed E-state index contributed by atoms with van der Waals surface area (Å²) in [6.45, 7) is 4.93. The third-order valence-corrected chi connectivity index (χ3v) is 2.88. The van der Waals surface area contributed by atoms with Gasteiger partial charge in [0.05, 0.1) is 18.9 Å². The number of nitrogen functional groups attached to an aromatic ring is 1. The van der Waals surface area contributed by atoms with E-state index < -0.39 is 5.82 Å². The molecule has 0 heterocycles. The average Bonchev–Trinajstić information content (AvgIpc) is 2.44. The van der Waals surface area contributed by atoms with Crippen molar-refractivity contribution >= 4 is 5.69 Å². The summed E-state index contributed by atoms with van der Waals surface area (Å²) in [6, 6.07) is 10.3. The molecule has 2 N–H and O–H groups in total. The summed E-state index contributed by atoms with van der Waals surface area (Å²) in [4.78, 5) is 0. The summed E-state index contributed by atoms with van der Waals surface area (Å²) in [5, 5.41) is 0. The molecule has 0 unspecified atom stereocenters. The van der Waals surface area contributed by atoms with Crippen LogP contribution in [-0.2, 0) is 0 Å². The molecular weight excluding hydrogens is 257 g/mol. The number of nitrogens with two attached hydrogens (primary N) is 1. The van der Waals surface area contributed by atoms with Crippen LogP contribution in [0.4, 0.5) is 10.1 Å². The summed E-state index contributed by atoms with van der Waals surface area (Å²) in [5.41, 5.74) is 7.24. The van der Waals surface area contributed by atoms with Gasteiger partial charge in [0, 0.05) is 0 Å². The number of rotatable bonds is 5. The first-order chi connectivity index (χ1) is 9.65. The Balaban J connectivity index is 2.41. The van der Waals surface area contributed by atoms with Crippen LogP contribution in [0, 0.1) is 5.82 Å². The van der Waals surface area contributed by atoms with Gasteiger partial charge in [0.25, 0.3) is 0 Å². The van der Waals surface area contributed by atoms with Crippen LogP contribution in [0.1, 0.15) is 13.8 Å². The van der Waals surface area contributed by atoms with E-state index in [0.29, 0.717) is 24.7 Å². The molecule has 3 nitrogen and oxygen atoms in total. The van der Waals surface area contributed by atoms with Crippen LogP contribution < -0.4 is 15.2 Å². The summed E-state index contributed by atoms with van der Waals surface area (Å²) in [7, 11) is 0. The van der Waals surface area contributed by atoms with Crippen molar-refractivity contribution in [2.45, 2.75) is 13.8 Å². The second-order valence-electron chi connectivity index (χ2n) is 4.26. The first kappa shape index (κ1) is 14.2. The predicted molar refractivity (Wildman–Crippen MR) is 78.6 cm³/mol. The highest BCUT2D eigenvalue weighted by Crippen LogP contribution is 2.33. The molecule has 2 aromatic rings. The molecule has 106 valence electrons. The summed E-state index contributed by atoms with van der Waals surface area (Å²) in [6.07, 6.45) is 0. The van der Waals surface area contributed by atoms with Crippen LogP contribution in [0.25, 0.3) is 11.1 Å². The van der Waals surface area contributed by atoms with Gasteiger partial charge in [-0.25, -0.2) is 4.39 Å². The fraction of sp³-hybridized carbons (Fsp3) is 0.250. The van der Waals surface area contributed by atoms with Crippen LogP contribution >= 0.6 is 0 Å². The Labute approximate surface area is 118 Å². The lowest BCUT2D eigenvalue weighted by atomic mass is 10.0. The molecule has 0 aliphatic rings. The van der Waals surface area contributed by atoms with Crippen LogP contribution in [0.5, 0.6) is 11.5 Å². The molecule has 0 radical (unpaired) electrons. The zero-order valence-corrected chi connectivity index (χ0v) is 11.7. The first-order valence-corrected chi connectivity index (χ1v) is 6.60. The predicted octanol–water partition coefficient (Wildman–Crippen LogP) is 3.87. The minimum atomic E-state index is -0.422. The third kappa shape index (κ3) is 3.02. The van der Waals surface area contributed by atoms with Gasteiger partial charge in [0.15, 0.2) is 11.5 Å². The van der Waals surface area contributed by atoms with Crippen molar-refractivity contribution in [2.24, 2.45) is 0 Å². The van der Waals surface area contributed by atoms with Crippen LogP contribution in [0.3, 0.4) is 0 Å². The van der Waals surface area contributed by atoms with Gasteiger partial charge in [-0.3, -0.25) is 0 Å². The van der Waals surface area contributed by atoms with Crippen molar-refractivity contribution in [3.05, 3.63) is 42.2 Å². The van der Waals surface area contributed by atoms with Gasteiger partial charge < -0.3 is 15.2 Å². The number of hydrogen-bond acceptors (Lipinski definition) is 3. The topological polar surface area (TPSA) is 44.5 Å². The molecule has 20 heavy (non-hydrogen) atoms. The Morgan fingerprint density at radius 3 is 2.15 bits per heavy atom. The van der Waals surface area contributed by atoms with E-state index in [1.54, 1.807) is 12.1 Å². The van der Waals surface area contributed by atoms with E-state index >= 15 is 0 Å². The monoisotopic (exact) mass is 275 g/mol. The third-order valence-electron chi connectivity index (χ3n) is 2.88. The van der Waals surface area contributed by atoms with Crippen LogP contribution in [0.15, 0.2) is 36.4 Å². The van der Waals surface area contributed by atoms with Crippen molar-refractivity contribution < 1.29 is 13.9 Å². The van der Waals surface area contributed by atoms with Crippen molar-refractivity contribution in [1.82, 2.24) is 0 Å². The highest BCUT2D eigenvalue weighted by Gasteiger charge is 2.09. The second-order valence-corrected chi connectivity index (χ2v) is 4.26. The quantitative estimate of drug-likeness (QED) is 0.842. The normalized spacial score (nSPS) is 10.3. The number of ether oxygens (including phenoxy) is 2. The Morgan fingerprint density at radius 1 is 0.900 bits per heavy atom. The smallest absolute Gasteiger partial charge is 0.161 e. The standard InChI is InChI=1S/C16H18FNO2/c1-3-19-15-8-6-12(10-16(15)20-4-2)11-5-7-14(18)13(17)9-11/h5-10H,3-4,18H2,1-2H3. The van der Waals surface area contributed by atoms with Crippen molar-refractivity contribution in [3.8, 4) is 22.6 Å². The van der Waals surface area contributed by atoms with Gasteiger partial charge in [0.1, 0.15) is 5.82 Å². The van der Waals surface area contributed by atoms with Gasteiger partial charge in [-0.05, 0) is 49.2 Å². The molecule has 0 aromatic heterocycles. The molecule has 0 saturated carbocycles. The van der Waals surface area contributed by atoms with Gasteiger partial charge >= 0.3 is 0 Å². The largest absolute Gasteiger partial charge is 0.490 e. The maximum absolute atomic E-state index is 13.5. The molecule has 0 amide bonds. The highest BCUT2D eigenvalue weighted by atomic mass is 19.1. The van der Waals surface area contributed by atoms with Gasteiger partial charge in [-0.2, -0.15) is 0 Å². The van der Waals surface area contributed by atoms with E-state index in [1.165, 1.54) is 6.07 Å². The number of anilines is 1. The fourth-order valence-corrected chi connectivity index (χ4v) is 1.94. The fourth-order valence-electron chi connectivity index (χ4n) is 1.94. The molecule has 2 aromatic carbocycles. The lowest BCUT2D eigenvalue weighted by Crippen LogP contribution is -1.98. The van der Waals surface area contributed by atoms with E-state index in [1.807, 2.05) is 32.0 Å². The average molecular weight is 275 g/mol. The van der Waals surface area contributed by atoms with Crippen molar-refractivity contribution in [2.75, 3.05) is 18.9 Å². The van der Waals surface area contributed by atoms with E-state index in [9.17, 15) is 4.39 Å². The minimum absolute atomic E-state index is 0.143.